The number of rotatable bonds is 9. The molecule has 118 valence electrons. The maximum Gasteiger partial charge on any atom is 0.329 e. The molecule has 0 aromatic carbocycles. The predicted octanol–water partition coefficient (Wildman–Crippen LogP) is 2.17. The van der Waals surface area contributed by atoms with E-state index in [2.05, 4.69) is 20.6 Å². The quantitative estimate of drug-likeness (QED) is 0.473. The fourth-order valence-corrected chi connectivity index (χ4v) is 1.71. The van der Waals surface area contributed by atoms with Gasteiger partial charge in [-0.1, -0.05) is 20.8 Å². The monoisotopic (exact) mass is 297 g/mol. The fourth-order valence-electron chi connectivity index (χ4n) is 1.71. The first kappa shape index (κ1) is 17.1. The summed E-state index contributed by atoms with van der Waals surface area (Å²) < 4.78 is 0. The lowest BCUT2D eigenvalue weighted by molar-refractivity contribution is -0.384. The van der Waals surface area contributed by atoms with E-state index >= 15 is 0 Å². The molecular formula is C13H23N5O3. The van der Waals surface area contributed by atoms with E-state index in [-0.39, 0.29) is 18.1 Å². The first-order valence-corrected chi connectivity index (χ1v) is 7.17. The fraction of sp³-hybridized carbons (Fsp3) is 0.692. The van der Waals surface area contributed by atoms with Gasteiger partial charge in [0.15, 0.2) is 0 Å². The van der Waals surface area contributed by atoms with Crippen molar-refractivity contribution in [3.8, 4) is 0 Å². The summed E-state index contributed by atoms with van der Waals surface area (Å²) in [5.41, 5.74) is -1.11. The molecule has 8 heteroatoms. The number of nitrogens with zero attached hydrogens (tertiary/aromatic N) is 3. The molecule has 0 aliphatic heterocycles. The Bertz CT molecular complexity index is 477. The van der Waals surface area contributed by atoms with E-state index in [1.54, 1.807) is 0 Å². The van der Waals surface area contributed by atoms with Gasteiger partial charge in [-0.2, -0.15) is 4.98 Å². The SMILES string of the molecule is CCCNc1ncc([N+](=O)[O-])c(NCC(O)(CC)CC)n1. The minimum absolute atomic E-state index is 0.119. The average molecular weight is 297 g/mol. The summed E-state index contributed by atoms with van der Waals surface area (Å²) in [4.78, 5) is 18.5. The van der Waals surface area contributed by atoms with Crippen LogP contribution in [0.25, 0.3) is 0 Å². The van der Waals surface area contributed by atoms with Gasteiger partial charge in [0.25, 0.3) is 0 Å². The predicted molar refractivity (Wildman–Crippen MR) is 81.5 cm³/mol. The second-order valence-corrected chi connectivity index (χ2v) is 4.90. The Balaban J connectivity index is 2.93. The summed E-state index contributed by atoms with van der Waals surface area (Å²) in [6.07, 6.45) is 3.17. The molecule has 0 saturated carbocycles. The molecule has 0 amide bonds. The standard InChI is InChI=1S/C13H23N5O3/c1-4-7-14-12-15-8-10(18(20)21)11(17-12)16-9-13(19,5-2)6-3/h8,19H,4-7,9H2,1-3H3,(H2,14,15,16,17). The summed E-state index contributed by atoms with van der Waals surface area (Å²) >= 11 is 0. The van der Waals surface area contributed by atoms with Gasteiger partial charge >= 0.3 is 5.69 Å². The van der Waals surface area contributed by atoms with E-state index < -0.39 is 10.5 Å². The zero-order chi connectivity index (χ0) is 15.9. The molecule has 8 nitrogen and oxygen atoms in total. The molecule has 0 bridgehead atoms. The van der Waals surface area contributed by atoms with Crippen molar-refractivity contribution < 1.29 is 10.0 Å². The zero-order valence-electron chi connectivity index (χ0n) is 12.7. The lowest BCUT2D eigenvalue weighted by Gasteiger charge is -2.25. The van der Waals surface area contributed by atoms with Crippen LogP contribution in [0.15, 0.2) is 6.20 Å². The molecule has 0 atom stereocenters. The third-order valence-corrected chi connectivity index (χ3v) is 3.40. The molecular weight excluding hydrogens is 274 g/mol. The van der Waals surface area contributed by atoms with Gasteiger partial charge in [0, 0.05) is 13.1 Å². The molecule has 21 heavy (non-hydrogen) atoms. The molecule has 1 rings (SSSR count). The molecule has 1 aromatic rings. The van der Waals surface area contributed by atoms with Crippen molar-refractivity contribution in [3.63, 3.8) is 0 Å². The van der Waals surface area contributed by atoms with Gasteiger partial charge in [0.2, 0.25) is 11.8 Å². The van der Waals surface area contributed by atoms with Crippen LogP contribution in [-0.4, -0.2) is 38.7 Å². The number of nitro groups is 1. The number of hydrogen-bond donors (Lipinski definition) is 3. The number of aromatic nitrogens is 2. The molecule has 0 saturated heterocycles. The van der Waals surface area contributed by atoms with Crippen LogP contribution in [0.4, 0.5) is 17.5 Å². The van der Waals surface area contributed by atoms with Gasteiger partial charge in [-0.3, -0.25) is 10.1 Å². The topological polar surface area (TPSA) is 113 Å². The summed E-state index contributed by atoms with van der Waals surface area (Å²) in [6.45, 7) is 6.62. The van der Waals surface area contributed by atoms with Crippen LogP contribution in [0.3, 0.4) is 0 Å². The molecule has 3 N–H and O–H groups in total. The van der Waals surface area contributed by atoms with Crippen molar-refractivity contribution in [2.24, 2.45) is 0 Å². The number of aliphatic hydroxyl groups is 1. The summed E-state index contributed by atoms with van der Waals surface area (Å²) in [5.74, 6) is 0.454. The van der Waals surface area contributed by atoms with Gasteiger partial charge in [0.1, 0.15) is 6.20 Å². The van der Waals surface area contributed by atoms with Gasteiger partial charge in [-0.15, -0.1) is 0 Å². The van der Waals surface area contributed by atoms with Crippen molar-refractivity contribution >= 4 is 17.5 Å². The largest absolute Gasteiger partial charge is 0.388 e. The van der Waals surface area contributed by atoms with Crippen LogP contribution in [-0.2, 0) is 0 Å². The third-order valence-electron chi connectivity index (χ3n) is 3.40. The Hall–Kier alpha value is -1.96. The lowest BCUT2D eigenvalue weighted by atomic mass is 9.98. The maximum atomic E-state index is 11.0. The van der Waals surface area contributed by atoms with E-state index in [1.807, 2.05) is 20.8 Å². The van der Waals surface area contributed by atoms with Crippen molar-refractivity contribution in [1.29, 1.82) is 0 Å². The van der Waals surface area contributed by atoms with E-state index in [0.717, 1.165) is 6.42 Å². The average Bonchev–Trinajstić information content (AvgIpc) is 2.50. The Morgan fingerprint density at radius 1 is 1.33 bits per heavy atom. The molecule has 0 fully saturated rings. The van der Waals surface area contributed by atoms with Crippen LogP contribution >= 0.6 is 0 Å². The molecule has 0 aliphatic rings. The summed E-state index contributed by atoms with van der Waals surface area (Å²) in [6, 6.07) is 0. The van der Waals surface area contributed by atoms with E-state index in [0.29, 0.717) is 25.3 Å². The van der Waals surface area contributed by atoms with Crippen molar-refractivity contribution in [2.45, 2.75) is 45.6 Å². The second-order valence-electron chi connectivity index (χ2n) is 4.90. The van der Waals surface area contributed by atoms with Crippen molar-refractivity contribution in [1.82, 2.24) is 9.97 Å². The first-order chi connectivity index (χ1) is 9.95. The minimum atomic E-state index is -0.907. The molecule has 1 aromatic heterocycles. The van der Waals surface area contributed by atoms with Gasteiger partial charge in [-0.05, 0) is 19.3 Å². The number of nitrogens with one attached hydrogen (secondary N) is 2. The highest BCUT2D eigenvalue weighted by atomic mass is 16.6. The van der Waals surface area contributed by atoms with E-state index in [9.17, 15) is 15.2 Å². The summed E-state index contributed by atoms with van der Waals surface area (Å²) in [5, 5.41) is 27.1. The van der Waals surface area contributed by atoms with Crippen LogP contribution in [0, 0.1) is 10.1 Å². The van der Waals surface area contributed by atoms with Crippen molar-refractivity contribution in [3.05, 3.63) is 16.3 Å². The van der Waals surface area contributed by atoms with Gasteiger partial charge < -0.3 is 15.7 Å². The van der Waals surface area contributed by atoms with Gasteiger partial charge in [0.05, 0.1) is 10.5 Å². The van der Waals surface area contributed by atoms with E-state index in [1.165, 1.54) is 6.20 Å². The minimum Gasteiger partial charge on any atom is -0.388 e. The maximum absolute atomic E-state index is 11.0. The van der Waals surface area contributed by atoms with Gasteiger partial charge in [-0.25, -0.2) is 4.98 Å². The Morgan fingerprint density at radius 3 is 2.52 bits per heavy atom. The Kier molecular flexibility index (Phi) is 6.29. The number of hydrogen-bond acceptors (Lipinski definition) is 7. The van der Waals surface area contributed by atoms with Crippen LogP contribution in [0.1, 0.15) is 40.0 Å². The Labute approximate surface area is 124 Å². The molecule has 0 unspecified atom stereocenters. The Morgan fingerprint density at radius 2 is 2.00 bits per heavy atom. The van der Waals surface area contributed by atoms with Crippen LogP contribution in [0.2, 0.25) is 0 Å². The van der Waals surface area contributed by atoms with E-state index in [4.69, 9.17) is 0 Å². The molecule has 0 spiro atoms. The smallest absolute Gasteiger partial charge is 0.329 e. The number of anilines is 2. The molecule has 0 aliphatic carbocycles. The zero-order valence-corrected chi connectivity index (χ0v) is 12.7. The lowest BCUT2D eigenvalue weighted by Crippen LogP contribution is -2.35. The highest BCUT2D eigenvalue weighted by Crippen LogP contribution is 2.24. The molecule has 1 heterocycles. The van der Waals surface area contributed by atoms with Crippen LogP contribution in [0.5, 0.6) is 0 Å². The van der Waals surface area contributed by atoms with Crippen molar-refractivity contribution in [2.75, 3.05) is 23.7 Å². The molecule has 0 radical (unpaired) electrons. The second kappa shape index (κ2) is 7.72. The first-order valence-electron chi connectivity index (χ1n) is 7.17. The summed E-state index contributed by atoms with van der Waals surface area (Å²) in [7, 11) is 0. The van der Waals surface area contributed by atoms with Crippen LogP contribution < -0.4 is 10.6 Å². The highest BCUT2D eigenvalue weighted by Gasteiger charge is 2.24. The highest BCUT2D eigenvalue weighted by molar-refractivity contribution is 5.57. The normalized spacial score (nSPS) is 11.2. The third kappa shape index (κ3) is 4.82.